The van der Waals surface area contributed by atoms with Gasteiger partial charge in [0.2, 0.25) is 0 Å². The van der Waals surface area contributed by atoms with Crippen LogP contribution in [-0.4, -0.2) is 35.6 Å². The number of carboxylic acids is 1. The number of likely N-dealkylation sites (tertiary alicyclic amines) is 1. The Morgan fingerprint density at radius 1 is 1.47 bits per heavy atom. The molecule has 17 heavy (non-hydrogen) atoms. The Bertz CT molecular complexity index is 261. The average Bonchev–Trinajstić information content (AvgIpc) is 2.66. The third-order valence-electron chi connectivity index (χ3n) is 4.11. The molecule has 0 aromatic rings. The van der Waals surface area contributed by atoms with Gasteiger partial charge < -0.3 is 10.0 Å². The first kappa shape index (κ1) is 14.5. The van der Waals surface area contributed by atoms with E-state index in [4.69, 9.17) is 5.11 Å². The minimum absolute atomic E-state index is 0.572. The Kier molecular flexibility index (Phi) is 4.99. The van der Waals surface area contributed by atoms with Gasteiger partial charge >= 0.3 is 5.97 Å². The van der Waals surface area contributed by atoms with Gasteiger partial charge in [0.1, 0.15) is 0 Å². The fourth-order valence-electron chi connectivity index (χ4n) is 2.46. The van der Waals surface area contributed by atoms with Crippen LogP contribution < -0.4 is 0 Å². The molecule has 1 aliphatic heterocycles. The SMILES string of the molecule is CC(C)C1CCN(CCCC(C)(C)C(=O)O)C1. The zero-order valence-electron chi connectivity index (χ0n) is 11.7. The van der Waals surface area contributed by atoms with Crippen molar-refractivity contribution in [3.63, 3.8) is 0 Å². The highest BCUT2D eigenvalue weighted by molar-refractivity contribution is 5.73. The number of hydrogen-bond acceptors (Lipinski definition) is 2. The van der Waals surface area contributed by atoms with Crippen molar-refractivity contribution in [2.24, 2.45) is 17.3 Å². The lowest BCUT2D eigenvalue weighted by molar-refractivity contribution is -0.147. The Morgan fingerprint density at radius 3 is 2.59 bits per heavy atom. The molecule has 3 nitrogen and oxygen atoms in total. The molecule has 1 atom stereocenters. The lowest BCUT2D eigenvalue weighted by atomic mass is 9.88. The fourth-order valence-corrected chi connectivity index (χ4v) is 2.46. The molecule has 0 aromatic carbocycles. The van der Waals surface area contributed by atoms with Crippen LogP contribution in [-0.2, 0) is 4.79 Å². The molecule has 3 heteroatoms. The van der Waals surface area contributed by atoms with Crippen LogP contribution in [0.5, 0.6) is 0 Å². The van der Waals surface area contributed by atoms with Gasteiger partial charge in [-0.05, 0) is 58.0 Å². The number of rotatable bonds is 6. The molecule has 0 radical (unpaired) electrons. The average molecular weight is 241 g/mol. The molecule has 1 saturated heterocycles. The largest absolute Gasteiger partial charge is 0.481 e. The molecule has 100 valence electrons. The van der Waals surface area contributed by atoms with E-state index in [1.54, 1.807) is 0 Å². The lowest BCUT2D eigenvalue weighted by Crippen LogP contribution is -2.27. The number of nitrogens with zero attached hydrogens (tertiary/aromatic N) is 1. The van der Waals surface area contributed by atoms with Crippen LogP contribution >= 0.6 is 0 Å². The Balaban J connectivity index is 2.23. The van der Waals surface area contributed by atoms with Gasteiger partial charge in [0.05, 0.1) is 5.41 Å². The van der Waals surface area contributed by atoms with Crippen molar-refractivity contribution in [2.45, 2.75) is 47.0 Å². The highest BCUT2D eigenvalue weighted by Crippen LogP contribution is 2.26. The van der Waals surface area contributed by atoms with Crippen LogP contribution in [0.3, 0.4) is 0 Å². The van der Waals surface area contributed by atoms with E-state index in [0.29, 0.717) is 0 Å². The van der Waals surface area contributed by atoms with Crippen molar-refractivity contribution in [1.82, 2.24) is 4.90 Å². The topological polar surface area (TPSA) is 40.5 Å². The van der Waals surface area contributed by atoms with Crippen molar-refractivity contribution in [2.75, 3.05) is 19.6 Å². The monoisotopic (exact) mass is 241 g/mol. The smallest absolute Gasteiger partial charge is 0.309 e. The molecule has 1 aliphatic rings. The van der Waals surface area contributed by atoms with Crippen LogP contribution in [0.4, 0.5) is 0 Å². The molecular weight excluding hydrogens is 214 g/mol. The second-order valence-electron chi connectivity index (χ2n) is 6.39. The molecule has 1 N–H and O–H groups in total. The molecule has 0 bridgehead atoms. The van der Waals surface area contributed by atoms with Gasteiger partial charge in [0, 0.05) is 6.54 Å². The maximum absolute atomic E-state index is 11.0. The zero-order chi connectivity index (χ0) is 13.1. The van der Waals surface area contributed by atoms with Crippen LogP contribution in [0.25, 0.3) is 0 Å². The number of carbonyl (C=O) groups is 1. The van der Waals surface area contributed by atoms with Crippen LogP contribution in [0.15, 0.2) is 0 Å². The maximum atomic E-state index is 11.0. The fraction of sp³-hybridized carbons (Fsp3) is 0.929. The van der Waals surface area contributed by atoms with Crippen molar-refractivity contribution in [3.05, 3.63) is 0 Å². The highest BCUT2D eigenvalue weighted by Gasteiger charge is 2.28. The summed E-state index contributed by atoms with van der Waals surface area (Å²) >= 11 is 0. The third-order valence-corrected chi connectivity index (χ3v) is 4.11. The second-order valence-corrected chi connectivity index (χ2v) is 6.39. The minimum Gasteiger partial charge on any atom is -0.481 e. The summed E-state index contributed by atoms with van der Waals surface area (Å²) in [5, 5.41) is 9.03. The maximum Gasteiger partial charge on any atom is 0.309 e. The van der Waals surface area contributed by atoms with Gasteiger partial charge in [-0.2, -0.15) is 0 Å². The normalized spacial score (nSPS) is 22.3. The number of aliphatic carboxylic acids is 1. The summed E-state index contributed by atoms with van der Waals surface area (Å²) in [6, 6.07) is 0. The van der Waals surface area contributed by atoms with Gasteiger partial charge in [0.15, 0.2) is 0 Å². The molecule has 0 saturated carbocycles. The molecular formula is C14H27NO2. The van der Waals surface area contributed by atoms with E-state index < -0.39 is 11.4 Å². The molecule has 1 fully saturated rings. The molecule has 1 rings (SSSR count). The van der Waals surface area contributed by atoms with Gasteiger partial charge in [-0.1, -0.05) is 13.8 Å². The third kappa shape index (κ3) is 4.30. The first-order valence-electron chi connectivity index (χ1n) is 6.78. The Hall–Kier alpha value is -0.570. The van der Waals surface area contributed by atoms with E-state index >= 15 is 0 Å². The van der Waals surface area contributed by atoms with Gasteiger partial charge in [-0.15, -0.1) is 0 Å². The van der Waals surface area contributed by atoms with Crippen molar-refractivity contribution in [1.29, 1.82) is 0 Å². The van der Waals surface area contributed by atoms with Crippen molar-refractivity contribution in [3.8, 4) is 0 Å². The van der Waals surface area contributed by atoms with Crippen molar-refractivity contribution >= 4 is 5.97 Å². The predicted molar refractivity (Wildman–Crippen MR) is 70.0 cm³/mol. The summed E-state index contributed by atoms with van der Waals surface area (Å²) in [4.78, 5) is 13.5. The van der Waals surface area contributed by atoms with E-state index in [1.165, 1.54) is 19.5 Å². The molecule has 1 unspecified atom stereocenters. The molecule has 0 amide bonds. The highest BCUT2D eigenvalue weighted by atomic mass is 16.4. The van der Waals surface area contributed by atoms with Gasteiger partial charge in [0.25, 0.3) is 0 Å². The Morgan fingerprint density at radius 2 is 2.12 bits per heavy atom. The van der Waals surface area contributed by atoms with E-state index in [2.05, 4.69) is 18.7 Å². The molecule has 0 aliphatic carbocycles. The Labute approximate surface area is 105 Å². The van der Waals surface area contributed by atoms with E-state index in [9.17, 15) is 4.79 Å². The van der Waals surface area contributed by atoms with E-state index in [0.717, 1.165) is 31.2 Å². The predicted octanol–water partition coefficient (Wildman–Crippen LogP) is 2.86. The summed E-state index contributed by atoms with van der Waals surface area (Å²) in [5.74, 6) is 0.928. The lowest BCUT2D eigenvalue weighted by Gasteiger charge is -2.22. The summed E-state index contributed by atoms with van der Waals surface area (Å²) in [6.07, 6.45) is 3.06. The first-order valence-corrected chi connectivity index (χ1v) is 6.78. The second kappa shape index (κ2) is 5.85. The van der Waals surface area contributed by atoms with E-state index in [1.807, 2.05) is 13.8 Å². The zero-order valence-corrected chi connectivity index (χ0v) is 11.7. The van der Waals surface area contributed by atoms with Crippen LogP contribution in [0.1, 0.15) is 47.0 Å². The molecule has 0 spiro atoms. The number of hydrogen-bond donors (Lipinski definition) is 1. The summed E-state index contributed by atoms with van der Waals surface area (Å²) in [5.41, 5.74) is -0.572. The van der Waals surface area contributed by atoms with Gasteiger partial charge in [-0.25, -0.2) is 0 Å². The summed E-state index contributed by atoms with van der Waals surface area (Å²) in [6.45, 7) is 11.7. The molecule has 1 heterocycles. The minimum atomic E-state index is -0.682. The van der Waals surface area contributed by atoms with Crippen LogP contribution in [0, 0.1) is 17.3 Å². The standard InChI is InChI=1S/C14H27NO2/c1-11(2)12-6-9-15(10-12)8-5-7-14(3,4)13(16)17/h11-12H,5-10H2,1-4H3,(H,16,17). The molecule has 0 aromatic heterocycles. The quantitative estimate of drug-likeness (QED) is 0.777. The van der Waals surface area contributed by atoms with Crippen molar-refractivity contribution < 1.29 is 9.90 Å². The first-order chi connectivity index (χ1) is 7.83. The summed E-state index contributed by atoms with van der Waals surface area (Å²) in [7, 11) is 0. The number of carboxylic acid groups (broad SMARTS) is 1. The van der Waals surface area contributed by atoms with Crippen LogP contribution in [0.2, 0.25) is 0 Å². The summed E-state index contributed by atoms with van der Waals surface area (Å²) < 4.78 is 0. The van der Waals surface area contributed by atoms with Gasteiger partial charge in [-0.3, -0.25) is 4.79 Å². The van der Waals surface area contributed by atoms with E-state index in [-0.39, 0.29) is 0 Å².